The van der Waals surface area contributed by atoms with Crippen LogP contribution in [0.3, 0.4) is 0 Å². The third kappa shape index (κ3) is 4.29. The Kier molecular flexibility index (Phi) is 6.16. The van der Waals surface area contributed by atoms with Crippen molar-refractivity contribution in [1.29, 1.82) is 0 Å². The minimum absolute atomic E-state index is 0.553. The number of benzene rings is 1. The number of hydrogen-bond acceptors (Lipinski definition) is 2. The van der Waals surface area contributed by atoms with E-state index in [0.717, 1.165) is 16.8 Å². The van der Waals surface area contributed by atoms with E-state index in [1.165, 1.54) is 17.7 Å². The molecule has 0 aliphatic carbocycles. The third-order valence-corrected chi connectivity index (χ3v) is 4.07. The van der Waals surface area contributed by atoms with Gasteiger partial charge in [0.15, 0.2) is 0 Å². The zero-order valence-electron chi connectivity index (χ0n) is 11.9. The first-order chi connectivity index (χ1) is 8.45. The van der Waals surface area contributed by atoms with E-state index in [2.05, 4.69) is 66.8 Å². The first-order valence-electron chi connectivity index (χ1n) is 6.67. The van der Waals surface area contributed by atoms with E-state index in [9.17, 15) is 0 Å². The lowest BCUT2D eigenvalue weighted by Gasteiger charge is -2.28. The molecule has 2 N–H and O–H groups in total. The Morgan fingerprint density at radius 1 is 1.28 bits per heavy atom. The second kappa shape index (κ2) is 7.15. The summed E-state index contributed by atoms with van der Waals surface area (Å²) in [5.41, 5.74) is 8.14. The van der Waals surface area contributed by atoms with Crippen molar-refractivity contribution in [2.45, 2.75) is 39.7 Å². The predicted molar refractivity (Wildman–Crippen MR) is 84.2 cm³/mol. The van der Waals surface area contributed by atoms with Gasteiger partial charge in [-0.15, -0.1) is 0 Å². The van der Waals surface area contributed by atoms with E-state index in [-0.39, 0.29) is 0 Å². The van der Waals surface area contributed by atoms with Gasteiger partial charge in [-0.05, 0) is 49.9 Å². The van der Waals surface area contributed by atoms with Crippen molar-refractivity contribution in [2.75, 3.05) is 18.5 Å². The average molecular weight is 313 g/mol. The molecule has 18 heavy (non-hydrogen) atoms. The smallest absolute Gasteiger partial charge is 0.0377 e. The first kappa shape index (κ1) is 15.5. The largest absolute Gasteiger partial charge is 0.372 e. The molecule has 0 heterocycles. The van der Waals surface area contributed by atoms with E-state index >= 15 is 0 Å². The molecule has 1 rings (SSSR count). The Labute approximate surface area is 120 Å². The van der Waals surface area contributed by atoms with Gasteiger partial charge in [0.05, 0.1) is 0 Å². The van der Waals surface area contributed by atoms with Crippen LogP contribution in [0, 0.1) is 5.92 Å². The minimum atomic E-state index is 0.553. The number of anilines is 1. The van der Waals surface area contributed by atoms with Gasteiger partial charge in [0.2, 0.25) is 0 Å². The summed E-state index contributed by atoms with van der Waals surface area (Å²) in [6.45, 7) is 7.51. The number of hydrogen-bond donors (Lipinski definition) is 1. The summed E-state index contributed by atoms with van der Waals surface area (Å²) in [4.78, 5) is 2.34. The number of nitrogens with zero attached hydrogens (tertiary/aromatic N) is 1. The van der Waals surface area contributed by atoms with Gasteiger partial charge in [0.25, 0.3) is 0 Å². The van der Waals surface area contributed by atoms with Gasteiger partial charge < -0.3 is 10.6 Å². The molecule has 0 aliphatic rings. The lowest BCUT2D eigenvalue weighted by Crippen LogP contribution is -2.30. The fraction of sp³-hybridized carbons (Fsp3) is 0.600. The van der Waals surface area contributed by atoms with E-state index in [0.29, 0.717) is 12.6 Å². The molecular formula is C15H25BrN2. The molecule has 0 amide bonds. The van der Waals surface area contributed by atoms with Crippen LogP contribution in [-0.2, 0) is 6.42 Å². The zero-order chi connectivity index (χ0) is 13.7. The maximum absolute atomic E-state index is 5.60. The Morgan fingerprint density at radius 2 is 1.94 bits per heavy atom. The van der Waals surface area contributed by atoms with Crippen molar-refractivity contribution in [3.63, 3.8) is 0 Å². The fourth-order valence-corrected chi connectivity index (χ4v) is 2.77. The molecule has 1 unspecified atom stereocenters. The van der Waals surface area contributed by atoms with Crippen LogP contribution < -0.4 is 10.6 Å². The van der Waals surface area contributed by atoms with Crippen LogP contribution in [-0.4, -0.2) is 19.6 Å². The van der Waals surface area contributed by atoms with E-state index < -0.39 is 0 Å². The summed E-state index contributed by atoms with van der Waals surface area (Å²) in [7, 11) is 2.16. The Bertz CT molecular complexity index is 377. The lowest BCUT2D eigenvalue weighted by atomic mass is 10.0. The molecule has 0 radical (unpaired) electrons. The Hall–Kier alpha value is -0.540. The minimum Gasteiger partial charge on any atom is -0.372 e. The molecule has 1 aromatic carbocycles. The summed E-state index contributed by atoms with van der Waals surface area (Å²) in [6.07, 6.45) is 2.13. The zero-order valence-corrected chi connectivity index (χ0v) is 13.5. The van der Waals surface area contributed by atoms with Gasteiger partial charge in [0, 0.05) is 23.2 Å². The predicted octanol–water partition coefficient (Wildman–Crippen LogP) is 3.82. The molecule has 0 saturated carbocycles. The van der Waals surface area contributed by atoms with E-state index in [4.69, 9.17) is 5.73 Å². The van der Waals surface area contributed by atoms with Crippen molar-refractivity contribution < 1.29 is 0 Å². The topological polar surface area (TPSA) is 29.3 Å². The molecular weight excluding hydrogens is 288 g/mol. The van der Waals surface area contributed by atoms with E-state index in [1.54, 1.807) is 0 Å². The fourth-order valence-electron chi connectivity index (χ4n) is 2.21. The van der Waals surface area contributed by atoms with Crippen LogP contribution in [0.4, 0.5) is 5.69 Å². The van der Waals surface area contributed by atoms with Crippen molar-refractivity contribution in [2.24, 2.45) is 11.7 Å². The number of nitrogens with two attached hydrogens (primary N) is 1. The molecule has 0 fully saturated rings. The SMILES string of the molecule is CC(C)CC(C)N(C)c1ccc(CCN)c(Br)c1. The second-order valence-corrected chi connectivity index (χ2v) is 6.26. The van der Waals surface area contributed by atoms with Crippen molar-refractivity contribution >= 4 is 21.6 Å². The highest BCUT2D eigenvalue weighted by molar-refractivity contribution is 9.10. The first-order valence-corrected chi connectivity index (χ1v) is 7.46. The molecule has 1 aromatic rings. The van der Waals surface area contributed by atoms with Gasteiger partial charge in [-0.1, -0.05) is 35.8 Å². The summed E-state index contributed by atoms with van der Waals surface area (Å²) in [5, 5.41) is 0. The standard InChI is InChI=1S/C15H25BrN2/c1-11(2)9-12(3)18(4)14-6-5-13(7-8-17)15(16)10-14/h5-6,10-12H,7-9,17H2,1-4H3. The van der Waals surface area contributed by atoms with Crippen molar-refractivity contribution in [1.82, 2.24) is 0 Å². The summed E-state index contributed by atoms with van der Waals surface area (Å²) in [6, 6.07) is 7.11. The van der Waals surface area contributed by atoms with Crippen molar-refractivity contribution in [3.8, 4) is 0 Å². The number of halogens is 1. The van der Waals surface area contributed by atoms with Crippen molar-refractivity contribution in [3.05, 3.63) is 28.2 Å². The normalized spacial score (nSPS) is 12.8. The maximum Gasteiger partial charge on any atom is 0.0377 e. The third-order valence-electron chi connectivity index (χ3n) is 3.33. The van der Waals surface area contributed by atoms with Gasteiger partial charge in [0.1, 0.15) is 0 Å². The molecule has 3 heteroatoms. The van der Waals surface area contributed by atoms with Gasteiger partial charge in [-0.25, -0.2) is 0 Å². The van der Waals surface area contributed by atoms with Crippen LogP contribution in [0.2, 0.25) is 0 Å². The highest BCUT2D eigenvalue weighted by atomic mass is 79.9. The molecule has 0 bridgehead atoms. The van der Waals surface area contributed by atoms with Crippen LogP contribution in [0.25, 0.3) is 0 Å². The monoisotopic (exact) mass is 312 g/mol. The average Bonchev–Trinajstić information content (AvgIpc) is 2.30. The Morgan fingerprint density at radius 3 is 2.44 bits per heavy atom. The molecule has 0 aliphatic heterocycles. The van der Waals surface area contributed by atoms with Crippen LogP contribution in [0.5, 0.6) is 0 Å². The maximum atomic E-state index is 5.60. The van der Waals surface area contributed by atoms with Crippen LogP contribution >= 0.6 is 15.9 Å². The van der Waals surface area contributed by atoms with Crippen LogP contribution in [0.15, 0.2) is 22.7 Å². The molecule has 0 spiro atoms. The number of rotatable bonds is 6. The lowest BCUT2D eigenvalue weighted by molar-refractivity contribution is 0.504. The molecule has 0 saturated heterocycles. The van der Waals surface area contributed by atoms with E-state index in [1.807, 2.05) is 0 Å². The van der Waals surface area contributed by atoms with Gasteiger partial charge in [-0.2, -0.15) is 0 Å². The Balaban J connectivity index is 2.80. The van der Waals surface area contributed by atoms with Gasteiger partial charge in [-0.3, -0.25) is 0 Å². The molecule has 0 aromatic heterocycles. The highest BCUT2D eigenvalue weighted by Crippen LogP contribution is 2.26. The second-order valence-electron chi connectivity index (χ2n) is 5.40. The highest BCUT2D eigenvalue weighted by Gasteiger charge is 2.12. The quantitative estimate of drug-likeness (QED) is 0.865. The molecule has 1 atom stereocenters. The summed E-state index contributed by atoms with van der Waals surface area (Å²) < 4.78 is 1.16. The van der Waals surface area contributed by atoms with Gasteiger partial charge >= 0.3 is 0 Å². The van der Waals surface area contributed by atoms with Crippen LogP contribution in [0.1, 0.15) is 32.8 Å². The summed E-state index contributed by atoms with van der Waals surface area (Å²) in [5.74, 6) is 0.724. The molecule has 102 valence electrons. The molecule has 2 nitrogen and oxygen atoms in total. The summed E-state index contributed by atoms with van der Waals surface area (Å²) >= 11 is 3.63.